The topological polar surface area (TPSA) is 73.2 Å². The van der Waals surface area contributed by atoms with Gasteiger partial charge in [-0.05, 0) is 36.4 Å². The fraction of sp³-hybridized carbons (Fsp3) is 0.118. The lowest BCUT2D eigenvalue weighted by atomic mass is 10.3. The van der Waals surface area contributed by atoms with Crippen LogP contribution in [0, 0.1) is 5.82 Å². The Morgan fingerprint density at radius 3 is 2.72 bits per heavy atom. The summed E-state index contributed by atoms with van der Waals surface area (Å²) in [6, 6.07) is 13.2. The van der Waals surface area contributed by atoms with Gasteiger partial charge in [-0.15, -0.1) is 0 Å². The maximum absolute atomic E-state index is 13.2. The molecule has 0 saturated heterocycles. The molecule has 1 aromatic heterocycles. The first-order valence-electron chi connectivity index (χ1n) is 7.52. The number of nitrogens with one attached hydrogen (secondary N) is 1. The highest BCUT2D eigenvalue weighted by molar-refractivity contribution is 7.92. The molecule has 0 amide bonds. The van der Waals surface area contributed by atoms with Gasteiger partial charge in [-0.3, -0.25) is 9.40 Å². The lowest BCUT2D eigenvalue weighted by molar-refractivity contribution is 0.291. The predicted octanol–water partition coefficient (Wildman–Crippen LogP) is 2.90. The molecule has 130 valence electrons. The van der Waals surface area contributed by atoms with Gasteiger partial charge in [0.15, 0.2) is 0 Å². The van der Waals surface area contributed by atoms with E-state index in [2.05, 4.69) is 9.82 Å². The first-order valence-corrected chi connectivity index (χ1v) is 9.00. The van der Waals surface area contributed by atoms with Crippen molar-refractivity contribution in [1.29, 1.82) is 0 Å². The number of aromatic nitrogens is 2. The van der Waals surface area contributed by atoms with Crippen molar-refractivity contribution >= 4 is 15.7 Å². The predicted molar refractivity (Wildman–Crippen MR) is 91.4 cm³/mol. The third-order valence-electron chi connectivity index (χ3n) is 3.34. The molecule has 3 rings (SSSR count). The van der Waals surface area contributed by atoms with Crippen LogP contribution in [0.25, 0.3) is 0 Å². The average Bonchev–Trinajstić information content (AvgIpc) is 3.08. The molecule has 0 saturated carbocycles. The third-order valence-corrected chi connectivity index (χ3v) is 4.72. The molecule has 6 nitrogen and oxygen atoms in total. The first-order chi connectivity index (χ1) is 12.0. The summed E-state index contributed by atoms with van der Waals surface area (Å²) in [4.78, 5) is -0.141. The van der Waals surface area contributed by atoms with Crippen molar-refractivity contribution in [3.63, 3.8) is 0 Å². The van der Waals surface area contributed by atoms with Gasteiger partial charge in [0.25, 0.3) is 10.0 Å². The van der Waals surface area contributed by atoms with E-state index in [0.29, 0.717) is 24.6 Å². The molecule has 0 unspecified atom stereocenters. The van der Waals surface area contributed by atoms with E-state index >= 15 is 0 Å². The van der Waals surface area contributed by atoms with E-state index in [1.165, 1.54) is 18.2 Å². The van der Waals surface area contributed by atoms with Crippen molar-refractivity contribution in [2.45, 2.75) is 11.4 Å². The smallest absolute Gasteiger partial charge is 0.261 e. The van der Waals surface area contributed by atoms with Gasteiger partial charge in [0.2, 0.25) is 0 Å². The van der Waals surface area contributed by atoms with Gasteiger partial charge in [0, 0.05) is 18.5 Å². The van der Waals surface area contributed by atoms with E-state index in [4.69, 9.17) is 4.74 Å². The van der Waals surface area contributed by atoms with Crippen molar-refractivity contribution in [2.24, 2.45) is 0 Å². The Morgan fingerprint density at radius 1 is 1.12 bits per heavy atom. The summed E-state index contributed by atoms with van der Waals surface area (Å²) in [5, 5.41) is 4.07. The van der Waals surface area contributed by atoms with Crippen LogP contribution in [0.1, 0.15) is 0 Å². The summed E-state index contributed by atoms with van der Waals surface area (Å²) in [6.45, 7) is 0.966. The Hall–Kier alpha value is -2.87. The van der Waals surface area contributed by atoms with Crippen molar-refractivity contribution in [3.05, 3.63) is 72.8 Å². The summed E-state index contributed by atoms with van der Waals surface area (Å²) in [5.41, 5.74) is 0.334. The van der Waals surface area contributed by atoms with Crippen molar-refractivity contribution in [3.8, 4) is 5.75 Å². The summed E-state index contributed by atoms with van der Waals surface area (Å²) in [5.74, 6) is -0.0924. The number of rotatable bonds is 7. The Bertz CT molecular complexity index is 943. The van der Waals surface area contributed by atoms with Crippen molar-refractivity contribution in [1.82, 2.24) is 9.78 Å². The van der Waals surface area contributed by atoms with Gasteiger partial charge in [0.05, 0.1) is 17.1 Å². The van der Waals surface area contributed by atoms with Crippen LogP contribution in [0.15, 0.2) is 71.9 Å². The normalized spacial score (nSPS) is 11.2. The Morgan fingerprint density at radius 2 is 1.96 bits per heavy atom. The number of ether oxygens (including phenoxy) is 1. The van der Waals surface area contributed by atoms with Crippen LogP contribution in [0.3, 0.4) is 0 Å². The molecule has 1 N–H and O–H groups in total. The van der Waals surface area contributed by atoms with Gasteiger partial charge >= 0.3 is 0 Å². The molecule has 25 heavy (non-hydrogen) atoms. The lowest BCUT2D eigenvalue weighted by Gasteiger charge is -2.11. The second-order valence-corrected chi connectivity index (χ2v) is 6.89. The van der Waals surface area contributed by atoms with Gasteiger partial charge in [0.1, 0.15) is 18.2 Å². The molecule has 1 heterocycles. The molecule has 0 bridgehead atoms. The Kier molecular flexibility index (Phi) is 4.99. The lowest BCUT2D eigenvalue weighted by Crippen LogP contribution is -2.13. The highest BCUT2D eigenvalue weighted by Crippen LogP contribution is 2.21. The Labute approximate surface area is 144 Å². The maximum atomic E-state index is 13.2. The number of anilines is 1. The second kappa shape index (κ2) is 7.35. The number of halogens is 1. The van der Waals surface area contributed by atoms with Crippen LogP contribution in [-0.2, 0) is 16.6 Å². The SMILES string of the molecule is O=S(=O)(Nc1cccc(OCCn2cccn2)c1)c1cccc(F)c1. The molecule has 0 aliphatic heterocycles. The van der Waals surface area contributed by atoms with Crippen LogP contribution in [-0.4, -0.2) is 24.8 Å². The van der Waals surface area contributed by atoms with Crippen LogP contribution in [0.4, 0.5) is 10.1 Å². The van der Waals surface area contributed by atoms with Crippen molar-refractivity contribution in [2.75, 3.05) is 11.3 Å². The van der Waals surface area contributed by atoms with E-state index in [9.17, 15) is 12.8 Å². The van der Waals surface area contributed by atoms with Crippen LogP contribution < -0.4 is 9.46 Å². The molecule has 0 atom stereocenters. The van der Waals surface area contributed by atoms with Gasteiger partial charge in [-0.25, -0.2) is 12.8 Å². The molecule has 0 aliphatic carbocycles. The summed E-state index contributed by atoms with van der Waals surface area (Å²) in [7, 11) is -3.87. The number of hydrogen-bond donors (Lipinski definition) is 1. The minimum absolute atomic E-state index is 0.141. The first kappa shape index (κ1) is 17.0. The molecule has 0 fully saturated rings. The zero-order valence-electron chi connectivity index (χ0n) is 13.2. The van der Waals surface area contributed by atoms with E-state index < -0.39 is 15.8 Å². The van der Waals surface area contributed by atoms with Crippen LogP contribution in [0.5, 0.6) is 5.75 Å². The molecule has 0 radical (unpaired) electrons. The highest BCUT2D eigenvalue weighted by atomic mass is 32.2. The average molecular weight is 361 g/mol. The van der Waals surface area contributed by atoms with E-state index in [1.807, 2.05) is 12.3 Å². The molecule has 8 heteroatoms. The maximum Gasteiger partial charge on any atom is 0.261 e. The quantitative estimate of drug-likeness (QED) is 0.702. The van der Waals surface area contributed by atoms with E-state index in [0.717, 1.165) is 6.07 Å². The summed E-state index contributed by atoms with van der Waals surface area (Å²) < 4.78 is 47.6. The van der Waals surface area contributed by atoms with Crippen LogP contribution >= 0.6 is 0 Å². The number of hydrogen-bond acceptors (Lipinski definition) is 4. The molecule has 3 aromatic rings. The van der Waals surface area contributed by atoms with Gasteiger partial charge in [-0.2, -0.15) is 5.10 Å². The number of nitrogens with zero attached hydrogens (tertiary/aromatic N) is 2. The van der Waals surface area contributed by atoms with Crippen LogP contribution in [0.2, 0.25) is 0 Å². The third kappa shape index (κ3) is 4.57. The van der Waals surface area contributed by atoms with Gasteiger partial charge < -0.3 is 4.74 Å². The standard InChI is InChI=1S/C17H16FN3O3S/c18-14-4-1-7-17(12-14)25(22,23)20-15-5-2-6-16(13-15)24-11-10-21-9-3-8-19-21/h1-9,12-13,20H,10-11H2. The fourth-order valence-corrected chi connectivity index (χ4v) is 3.27. The largest absolute Gasteiger partial charge is 0.492 e. The summed E-state index contributed by atoms with van der Waals surface area (Å²) in [6.07, 6.45) is 3.51. The Balaban J connectivity index is 1.66. The summed E-state index contributed by atoms with van der Waals surface area (Å²) >= 11 is 0. The molecule has 2 aromatic carbocycles. The van der Waals surface area contributed by atoms with Gasteiger partial charge in [-0.1, -0.05) is 12.1 Å². The molecule has 0 spiro atoms. The van der Waals surface area contributed by atoms with E-state index in [-0.39, 0.29) is 4.90 Å². The number of sulfonamides is 1. The highest BCUT2D eigenvalue weighted by Gasteiger charge is 2.15. The fourth-order valence-electron chi connectivity index (χ4n) is 2.19. The minimum Gasteiger partial charge on any atom is -0.492 e. The molecule has 0 aliphatic rings. The van der Waals surface area contributed by atoms with E-state index in [1.54, 1.807) is 35.1 Å². The number of benzene rings is 2. The zero-order chi connectivity index (χ0) is 17.7. The molecular formula is C17H16FN3O3S. The van der Waals surface area contributed by atoms with Crippen molar-refractivity contribution < 1.29 is 17.5 Å². The second-order valence-electron chi connectivity index (χ2n) is 5.21. The minimum atomic E-state index is -3.87. The monoisotopic (exact) mass is 361 g/mol. The zero-order valence-corrected chi connectivity index (χ0v) is 14.0. The molecular weight excluding hydrogens is 345 g/mol.